The molecule has 6 nitrogen and oxygen atoms in total. The number of carbonyl (C=O) groups is 1. The number of anilines is 2. The molecule has 112 valence electrons. The van der Waals surface area contributed by atoms with Crippen LogP contribution in [0.1, 0.15) is 29.9 Å². The van der Waals surface area contributed by atoms with Gasteiger partial charge in [-0.25, -0.2) is 4.98 Å². The lowest BCUT2D eigenvalue weighted by Crippen LogP contribution is -2.44. The molecule has 1 atom stereocenters. The highest BCUT2D eigenvalue weighted by Gasteiger charge is 2.26. The van der Waals surface area contributed by atoms with Crippen molar-refractivity contribution in [3.63, 3.8) is 0 Å². The number of thiazole rings is 1. The van der Waals surface area contributed by atoms with E-state index in [-0.39, 0.29) is 12.0 Å². The molecule has 7 heteroatoms. The molecule has 1 saturated heterocycles. The number of rotatable bonds is 4. The van der Waals surface area contributed by atoms with Crippen LogP contribution in [0.4, 0.5) is 10.9 Å². The fraction of sp³-hybridized carbons (Fsp3) is 0.692. The summed E-state index contributed by atoms with van der Waals surface area (Å²) in [5, 5.41) is 0.800. The number of nitrogens with two attached hydrogens (primary N) is 1. The van der Waals surface area contributed by atoms with Crippen LogP contribution in [0.3, 0.4) is 0 Å². The van der Waals surface area contributed by atoms with Crippen molar-refractivity contribution in [2.24, 2.45) is 0 Å². The molecule has 1 fully saturated rings. The second-order valence-corrected chi connectivity index (χ2v) is 6.04. The van der Waals surface area contributed by atoms with Gasteiger partial charge in [-0.15, -0.1) is 0 Å². The third-order valence-corrected chi connectivity index (χ3v) is 4.42. The second-order valence-electron chi connectivity index (χ2n) is 5.06. The normalized spacial score (nSPS) is 19.1. The monoisotopic (exact) mass is 298 g/mol. The third kappa shape index (κ3) is 3.21. The van der Waals surface area contributed by atoms with Gasteiger partial charge in [-0.2, -0.15) is 0 Å². The molecule has 20 heavy (non-hydrogen) atoms. The van der Waals surface area contributed by atoms with Gasteiger partial charge in [0.1, 0.15) is 10.7 Å². The van der Waals surface area contributed by atoms with Crippen molar-refractivity contribution < 1.29 is 9.53 Å². The van der Waals surface area contributed by atoms with Gasteiger partial charge in [0.2, 0.25) is 0 Å². The van der Waals surface area contributed by atoms with Gasteiger partial charge >= 0.3 is 0 Å². The first-order valence-electron chi connectivity index (χ1n) is 6.91. The van der Waals surface area contributed by atoms with E-state index in [2.05, 4.69) is 11.9 Å². The summed E-state index contributed by atoms with van der Waals surface area (Å²) in [6.07, 6.45) is 1.10. The largest absolute Gasteiger partial charge is 0.382 e. The second kappa shape index (κ2) is 6.41. The maximum atomic E-state index is 12.5. The lowest BCUT2D eigenvalue weighted by atomic mass is 10.3. The molecule has 1 aliphatic rings. The molecule has 2 N–H and O–H groups in total. The number of amides is 1. The van der Waals surface area contributed by atoms with Gasteiger partial charge in [0.05, 0.1) is 12.7 Å². The predicted molar refractivity (Wildman–Crippen MR) is 81.4 cm³/mol. The Bertz CT molecular complexity index is 477. The Balaban J connectivity index is 2.13. The van der Waals surface area contributed by atoms with Crippen LogP contribution in [-0.2, 0) is 4.74 Å². The van der Waals surface area contributed by atoms with E-state index >= 15 is 0 Å². The summed E-state index contributed by atoms with van der Waals surface area (Å²) in [6, 6.07) is 0. The summed E-state index contributed by atoms with van der Waals surface area (Å²) in [7, 11) is 1.97. The predicted octanol–water partition coefficient (Wildman–Crippen LogP) is 1.43. The van der Waals surface area contributed by atoms with E-state index in [1.165, 1.54) is 11.3 Å². The van der Waals surface area contributed by atoms with Crippen LogP contribution < -0.4 is 10.6 Å². The Labute approximate surface area is 123 Å². The number of carbonyl (C=O) groups excluding carboxylic acids is 1. The molecule has 0 radical (unpaired) electrons. The minimum Gasteiger partial charge on any atom is -0.382 e. The molecule has 0 aliphatic carbocycles. The zero-order valence-corrected chi connectivity index (χ0v) is 13.1. The SMILES string of the molecule is CCCN(C)c1nc(N)c(C(=O)N2CCOC(C)C2)s1. The fourth-order valence-corrected chi connectivity index (χ4v) is 3.15. The van der Waals surface area contributed by atoms with Crippen LogP contribution >= 0.6 is 11.3 Å². The van der Waals surface area contributed by atoms with Crippen molar-refractivity contribution >= 4 is 28.2 Å². The molecule has 1 aromatic heterocycles. The van der Waals surface area contributed by atoms with Crippen molar-refractivity contribution in [2.75, 3.05) is 43.9 Å². The first-order valence-corrected chi connectivity index (χ1v) is 7.72. The number of nitrogen functional groups attached to an aromatic ring is 1. The third-order valence-electron chi connectivity index (χ3n) is 3.25. The highest BCUT2D eigenvalue weighted by molar-refractivity contribution is 7.18. The van der Waals surface area contributed by atoms with Crippen molar-refractivity contribution in [1.82, 2.24) is 9.88 Å². The van der Waals surface area contributed by atoms with Crippen molar-refractivity contribution in [1.29, 1.82) is 0 Å². The van der Waals surface area contributed by atoms with Crippen LogP contribution in [0.15, 0.2) is 0 Å². The van der Waals surface area contributed by atoms with Gasteiger partial charge in [0.25, 0.3) is 5.91 Å². The number of nitrogens with zero attached hydrogens (tertiary/aromatic N) is 3. The van der Waals surface area contributed by atoms with Crippen molar-refractivity contribution in [3.05, 3.63) is 4.88 Å². The average Bonchev–Trinajstić information content (AvgIpc) is 2.80. The molecule has 1 amide bonds. The van der Waals surface area contributed by atoms with Crippen LogP contribution in [0.25, 0.3) is 0 Å². The summed E-state index contributed by atoms with van der Waals surface area (Å²) in [6.45, 7) is 6.77. The molecular weight excluding hydrogens is 276 g/mol. The van der Waals surface area contributed by atoms with Crippen LogP contribution in [-0.4, -0.2) is 55.2 Å². The van der Waals surface area contributed by atoms with E-state index in [4.69, 9.17) is 10.5 Å². The topological polar surface area (TPSA) is 71.7 Å². The molecule has 0 spiro atoms. The Hall–Kier alpha value is -1.34. The smallest absolute Gasteiger partial charge is 0.268 e. The standard InChI is InChI=1S/C13H22N4O2S/c1-4-5-16(3)13-15-11(14)10(20-13)12(18)17-6-7-19-9(2)8-17/h9H,4-8,14H2,1-3H3. The number of morpholine rings is 1. The van der Waals surface area contributed by atoms with Crippen LogP contribution in [0, 0.1) is 0 Å². The van der Waals surface area contributed by atoms with Crippen molar-refractivity contribution in [2.45, 2.75) is 26.4 Å². The van der Waals surface area contributed by atoms with E-state index in [0.29, 0.717) is 30.4 Å². The molecule has 0 saturated carbocycles. The quantitative estimate of drug-likeness (QED) is 0.910. The Morgan fingerprint density at radius 3 is 3.05 bits per heavy atom. The van der Waals surface area contributed by atoms with Gasteiger partial charge in [0.15, 0.2) is 5.13 Å². The summed E-state index contributed by atoms with van der Waals surface area (Å²) in [4.78, 5) is 21.2. The lowest BCUT2D eigenvalue weighted by Gasteiger charge is -2.30. The lowest BCUT2D eigenvalue weighted by molar-refractivity contribution is -0.0122. The maximum absolute atomic E-state index is 12.5. The summed E-state index contributed by atoms with van der Waals surface area (Å²) in [5.41, 5.74) is 5.91. The zero-order valence-electron chi connectivity index (χ0n) is 12.3. The molecule has 1 aromatic rings. The van der Waals surface area contributed by atoms with E-state index in [1.54, 1.807) is 4.90 Å². The fourth-order valence-electron chi connectivity index (χ4n) is 2.21. The molecule has 1 aliphatic heterocycles. The Morgan fingerprint density at radius 1 is 1.65 bits per heavy atom. The molecule has 2 heterocycles. The van der Waals surface area contributed by atoms with E-state index in [0.717, 1.165) is 18.1 Å². The number of aromatic nitrogens is 1. The van der Waals surface area contributed by atoms with Gasteiger partial charge in [0, 0.05) is 26.7 Å². The molecular formula is C13H22N4O2S. The summed E-state index contributed by atoms with van der Waals surface area (Å²) < 4.78 is 5.45. The Morgan fingerprint density at radius 2 is 2.40 bits per heavy atom. The zero-order chi connectivity index (χ0) is 14.7. The van der Waals surface area contributed by atoms with E-state index in [9.17, 15) is 4.79 Å². The highest BCUT2D eigenvalue weighted by atomic mass is 32.1. The summed E-state index contributed by atoms with van der Waals surface area (Å²) in [5.74, 6) is 0.295. The Kier molecular flexibility index (Phi) is 4.82. The summed E-state index contributed by atoms with van der Waals surface area (Å²) >= 11 is 1.37. The van der Waals surface area contributed by atoms with Gasteiger partial charge in [-0.3, -0.25) is 4.79 Å². The number of hydrogen-bond donors (Lipinski definition) is 1. The van der Waals surface area contributed by atoms with Gasteiger partial charge in [-0.1, -0.05) is 18.3 Å². The highest BCUT2D eigenvalue weighted by Crippen LogP contribution is 2.29. The minimum absolute atomic E-state index is 0.0358. The number of hydrogen-bond acceptors (Lipinski definition) is 6. The van der Waals surface area contributed by atoms with Gasteiger partial charge < -0.3 is 20.3 Å². The minimum atomic E-state index is -0.0358. The molecule has 2 rings (SSSR count). The van der Waals surface area contributed by atoms with E-state index in [1.807, 2.05) is 18.9 Å². The first-order chi connectivity index (χ1) is 9.52. The first kappa shape index (κ1) is 15.1. The van der Waals surface area contributed by atoms with E-state index < -0.39 is 0 Å². The molecule has 0 aromatic carbocycles. The van der Waals surface area contributed by atoms with Crippen LogP contribution in [0.2, 0.25) is 0 Å². The average molecular weight is 298 g/mol. The maximum Gasteiger partial charge on any atom is 0.268 e. The van der Waals surface area contributed by atoms with Gasteiger partial charge in [-0.05, 0) is 13.3 Å². The number of ether oxygens (including phenoxy) is 1. The van der Waals surface area contributed by atoms with Crippen molar-refractivity contribution in [3.8, 4) is 0 Å². The van der Waals surface area contributed by atoms with Crippen LogP contribution in [0.5, 0.6) is 0 Å². The molecule has 0 bridgehead atoms. The molecule has 1 unspecified atom stereocenters.